The Balaban J connectivity index is 1.76. The van der Waals surface area contributed by atoms with Gasteiger partial charge in [-0.15, -0.1) is 0 Å². The van der Waals surface area contributed by atoms with Gasteiger partial charge in [-0.25, -0.2) is 13.6 Å². The maximum absolute atomic E-state index is 11.9. The molecule has 0 bridgehead atoms. The second-order valence-corrected chi connectivity index (χ2v) is 6.90. The van der Waals surface area contributed by atoms with E-state index in [1.807, 2.05) is 31.2 Å². The number of amides is 1. The molecule has 1 amide bonds. The average Bonchev–Trinajstić information content (AvgIpc) is 2.53. The number of sulfonamides is 1. The maximum atomic E-state index is 11.9. The van der Waals surface area contributed by atoms with Crippen molar-refractivity contribution in [2.24, 2.45) is 5.14 Å². The van der Waals surface area contributed by atoms with Crippen LogP contribution in [0, 0.1) is 6.92 Å². The Bertz CT molecular complexity index is 802. The van der Waals surface area contributed by atoms with Gasteiger partial charge in [-0.1, -0.05) is 18.2 Å². The Hall–Kier alpha value is -2.38. The van der Waals surface area contributed by atoms with Crippen LogP contribution in [0.25, 0.3) is 0 Å². The van der Waals surface area contributed by atoms with Crippen LogP contribution < -0.4 is 15.2 Å². The highest BCUT2D eigenvalue weighted by molar-refractivity contribution is 7.89. The topological polar surface area (TPSA) is 98.5 Å². The minimum atomic E-state index is -3.72. The zero-order valence-electron chi connectivity index (χ0n) is 13.4. The number of aryl methyl sites for hydroxylation is 1. The Morgan fingerprint density at radius 3 is 2.42 bits per heavy atom. The Kier molecular flexibility index (Phi) is 5.94. The van der Waals surface area contributed by atoms with Crippen molar-refractivity contribution in [1.29, 1.82) is 0 Å². The zero-order chi connectivity index (χ0) is 17.6. The van der Waals surface area contributed by atoms with E-state index < -0.39 is 10.0 Å². The number of hydrogen-bond donors (Lipinski definition) is 2. The third kappa shape index (κ3) is 5.36. The number of anilines is 1. The summed E-state index contributed by atoms with van der Waals surface area (Å²) >= 11 is 0. The summed E-state index contributed by atoms with van der Waals surface area (Å²) in [7, 11) is -3.72. The molecule has 2 rings (SSSR count). The number of primary sulfonamides is 1. The molecular weight excluding hydrogens is 328 g/mol. The molecule has 7 heteroatoms. The predicted molar refractivity (Wildman–Crippen MR) is 92.4 cm³/mol. The van der Waals surface area contributed by atoms with Crippen LogP contribution in [-0.4, -0.2) is 20.9 Å². The number of benzene rings is 2. The minimum absolute atomic E-state index is 0.00660. The molecule has 0 radical (unpaired) electrons. The molecule has 0 atom stereocenters. The monoisotopic (exact) mass is 348 g/mol. The van der Waals surface area contributed by atoms with Crippen molar-refractivity contribution < 1.29 is 17.9 Å². The third-order valence-electron chi connectivity index (χ3n) is 3.37. The van der Waals surface area contributed by atoms with E-state index in [0.29, 0.717) is 25.1 Å². The van der Waals surface area contributed by atoms with Gasteiger partial charge in [0, 0.05) is 12.1 Å². The fourth-order valence-corrected chi connectivity index (χ4v) is 2.60. The fourth-order valence-electron chi connectivity index (χ4n) is 2.08. The largest absolute Gasteiger partial charge is 0.493 e. The lowest BCUT2D eigenvalue weighted by Crippen LogP contribution is -2.14. The molecule has 0 spiro atoms. The van der Waals surface area contributed by atoms with Crippen LogP contribution in [0.1, 0.15) is 18.4 Å². The first-order valence-electron chi connectivity index (χ1n) is 7.47. The number of carbonyl (C=O) groups is 1. The number of hydrogen-bond acceptors (Lipinski definition) is 4. The van der Waals surface area contributed by atoms with Crippen molar-refractivity contribution in [1.82, 2.24) is 0 Å². The highest BCUT2D eigenvalue weighted by atomic mass is 32.2. The summed E-state index contributed by atoms with van der Waals surface area (Å²) in [6.07, 6.45) is 0.887. The van der Waals surface area contributed by atoms with Crippen LogP contribution in [0.2, 0.25) is 0 Å². The van der Waals surface area contributed by atoms with E-state index in [9.17, 15) is 13.2 Å². The number of rotatable bonds is 7. The van der Waals surface area contributed by atoms with Gasteiger partial charge in [0.25, 0.3) is 0 Å². The van der Waals surface area contributed by atoms with Gasteiger partial charge in [0.05, 0.1) is 11.5 Å². The summed E-state index contributed by atoms with van der Waals surface area (Å²) < 4.78 is 27.9. The van der Waals surface area contributed by atoms with E-state index in [1.165, 1.54) is 24.3 Å². The highest BCUT2D eigenvalue weighted by Crippen LogP contribution is 2.17. The molecule has 0 aliphatic rings. The number of ether oxygens (including phenoxy) is 1. The summed E-state index contributed by atoms with van der Waals surface area (Å²) in [5, 5.41) is 7.72. The smallest absolute Gasteiger partial charge is 0.238 e. The minimum Gasteiger partial charge on any atom is -0.493 e. The summed E-state index contributed by atoms with van der Waals surface area (Å²) in [6, 6.07) is 13.4. The van der Waals surface area contributed by atoms with Gasteiger partial charge in [0.2, 0.25) is 15.9 Å². The van der Waals surface area contributed by atoms with Crippen molar-refractivity contribution >= 4 is 21.6 Å². The van der Waals surface area contributed by atoms with Gasteiger partial charge in [-0.2, -0.15) is 0 Å². The second kappa shape index (κ2) is 7.94. The quantitative estimate of drug-likeness (QED) is 0.751. The van der Waals surface area contributed by atoms with Gasteiger partial charge < -0.3 is 10.1 Å². The van der Waals surface area contributed by atoms with Crippen LogP contribution in [0.4, 0.5) is 5.69 Å². The molecule has 2 aromatic rings. The molecule has 2 aromatic carbocycles. The molecule has 0 saturated carbocycles. The molecule has 0 aliphatic carbocycles. The summed E-state index contributed by atoms with van der Waals surface area (Å²) in [4.78, 5) is 11.9. The van der Waals surface area contributed by atoms with Gasteiger partial charge in [0.1, 0.15) is 5.75 Å². The van der Waals surface area contributed by atoms with E-state index in [1.54, 1.807) is 0 Å². The normalized spacial score (nSPS) is 11.1. The molecule has 24 heavy (non-hydrogen) atoms. The summed E-state index contributed by atoms with van der Waals surface area (Å²) in [5.74, 6) is 0.656. The van der Waals surface area contributed by atoms with Crippen molar-refractivity contribution in [2.45, 2.75) is 24.7 Å². The van der Waals surface area contributed by atoms with Gasteiger partial charge in [-0.05, 0) is 49.2 Å². The Labute approximate surface area is 141 Å². The molecule has 0 fully saturated rings. The molecular formula is C17H20N2O4S. The molecule has 0 heterocycles. The number of carbonyl (C=O) groups excluding carboxylic acids is 1. The lowest BCUT2D eigenvalue weighted by atomic mass is 10.2. The fraction of sp³-hybridized carbons (Fsp3) is 0.235. The van der Waals surface area contributed by atoms with E-state index in [4.69, 9.17) is 9.88 Å². The van der Waals surface area contributed by atoms with Crippen molar-refractivity contribution in [3.63, 3.8) is 0 Å². The zero-order valence-corrected chi connectivity index (χ0v) is 14.2. The van der Waals surface area contributed by atoms with Crippen LogP contribution in [-0.2, 0) is 14.8 Å². The van der Waals surface area contributed by atoms with Crippen LogP contribution in [0.3, 0.4) is 0 Å². The molecule has 0 aromatic heterocycles. The summed E-state index contributed by atoms with van der Waals surface area (Å²) in [6.45, 7) is 2.41. The molecule has 0 aliphatic heterocycles. The number of nitrogens with one attached hydrogen (secondary N) is 1. The SMILES string of the molecule is Cc1ccccc1OCCCC(=O)Nc1ccc(S(N)(=O)=O)cc1. The first-order valence-corrected chi connectivity index (χ1v) is 9.02. The molecule has 0 saturated heterocycles. The first kappa shape index (κ1) is 18.0. The first-order chi connectivity index (χ1) is 11.4. The lowest BCUT2D eigenvalue weighted by Gasteiger charge is -2.09. The Morgan fingerprint density at radius 1 is 1.12 bits per heavy atom. The van der Waals surface area contributed by atoms with Gasteiger partial charge in [0.15, 0.2) is 0 Å². The summed E-state index contributed by atoms with van der Waals surface area (Å²) in [5.41, 5.74) is 1.57. The predicted octanol–water partition coefficient (Wildman–Crippen LogP) is 2.44. The highest BCUT2D eigenvalue weighted by Gasteiger charge is 2.08. The standard InChI is InChI=1S/C17H20N2O4S/c1-13-5-2-3-6-16(13)23-12-4-7-17(20)19-14-8-10-15(11-9-14)24(18,21)22/h2-3,5-6,8-11H,4,7,12H2,1H3,(H,19,20)(H2,18,21,22). The average molecular weight is 348 g/mol. The molecule has 6 nitrogen and oxygen atoms in total. The number of nitrogens with two attached hydrogens (primary N) is 1. The molecule has 128 valence electrons. The molecule has 3 N–H and O–H groups in total. The van der Waals surface area contributed by atoms with Gasteiger partial charge >= 0.3 is 0 Å². The number of para-hydroxylation sites is 1. The van der Waals surface area contributed by atoms with Gasteiger partial charge in [-0.3, -0.25) is 4.79 Å². The second-order valence-electron chi connectivity index (χ2n) is 5.34. The van der Waals surface area contributed by atoms with Crippen LogP contribution in [0.15, 0.2) is 53.4 Å². The van der Waals surface area contributed by atoms with E-state index in [0.717, 1.165) is 11.3 Å². The van der Waals surface area contributed by atoms with E-state index in [2.05, 4.69) is 5.32 Å². The maximum Gasteiger partial charge on any atom is 0.238 e. The van der Waals surface area contributed by atoms with Crippen molar-refractivity contribution in [3.8, 4) is 5.75 Å². The Morgan fingerprint density at radius 2 is 1.79 bits per heavy atom. The van der Waals surface area contributed by atoms with Crippen molar-refractivity contribution in [2.75, 3.05) is 11.9 Å². The van der Waals surface area contributed by atoms with E-state index in [-0.39, 0.29) is 10.8 Å². The molecule has 0 unspecified atom stereocenters. The van der Waals surface area contributed by atoms with Crippen LogP contribution >= 0.6 is 0 Å². The third-order valence-corrected chi connectivity index (χ3v) is 4.30. The lowest BCUT2D eigenvalue weighted by molar-refractivity contribution is -0.116. The van der Waals surface area contributed by atoms with Crippen molar-refractivity contribution in [3.05, 3.63) is 54.1 Å². The van der Waals surface area contributed by atoms with Crippen LogP contribution in [0.5, 0.6) is 5.75 Å². The van der Waals surface area contributed by atoms with E-state index >= 15 is 0 Å².